The zero-order chi connectivity index (χ0) is 15.5. The van der Waals surface area contributed by atoms with Gasteiger partial charge in [0.2, 0.25) is 0 Å². The van der Waals surface area contributed by atoms with Crippen LogP contribution in [-0.2, 0) is 10.1 Å². The molecule has 0 fully saturated rings. The Kier molecular flexibility index (Phi) is 10.8. The molecule has 0 heterocycles. The Morgan fingerprint density at radius 2 is 1.68 bits per heavy atom. The van der Waals surface area contributed by atoms with Gasteiger partial charge in [0.05, 0.1) is 25.0 Å². The monoisotopic (exact) mass is 298 g/mol. The summed E-state index contributed by atoms with van der Waals surface area (Å²) in [7, 11) is -3.67. The van der Waals surface area contributed by atoms with Crippen LogP contribution < -0.4 is 0 Å². The van der Waals surface area contributed by atoms with Gasteiger partial charge in [-0.05, 0) is 18.2 Å². The predicted molar refractivity (Wildman–Crippen MR) is 65.0 cm³/mol. The van der Waals surface area contributed by atoms with Crippen molar-refractivity contribution >= 4 is 16.1 Å². The lowest BCUT2D eigenvalue weighted by Gasteiger charge is -1.91. The van der Waals surface area contributed by atoms with E-state index in [1.807, 2.05) is 0 Å². The number of hydrogen-bond acceptors (Lipinski definition) is 5. The maximum Gasteiger partial charge on any atom is 0.335 e. The first-order valence-electron chi connectivity index (χ1n) is 4.74. The summed E-state index contributed by atoms with van der Waals surface area (Å²) in [6.45, 7) is -0.250. The summed E-state index contributed by atoms with van der Waals surface area (Å²) in [5.41, 5.74) is -0.0278. The SMILES string of the molecule is CS(=O)(=O)O.O=C(O)c1cccc(F)c1.OCCO. The standard InChI is InChI=1S/C7H5FO2.C2H6O2.CH4O3S/c8-6-3-1-2-5(4-6)7(9)10;3-1-2-4;1-5(2,3)4/h1-4H,(H,9,10);3-4H,1-2H2;1H3,(H,2,3,4). The number of carboxylic acids is 1. The van der Waals surface area contributed by atoms with E-state index in [0.717, 1.165) is 6.07 Å². The van der Waals surface area contributed by atoms with Gasteiger partial charge in [-0.1, -0.05) is 6.07 Å². The molecule has 0 aliphatic rings. The molecule has 0 saturated carbocycles. The second-order valence-electron chi connectivity index (χ2n) is 3.00. The molecule has 9 heteroatoms. The number of hydrogen-bond donors (Lipinski definition) is 4. The lowest BCUT2D eigenvalue weighted by Crippen LogP contribution is -1.95. The molecule has 1 aromatic carbocycles. The van der Waals surface area contributed by atoms with Gasteiger partial charge in [-0.2, -0.15) is 8.42 Å². The van der Waals surface area contributed by atoms with E-state index in [4.69, 9.17) is 19.9 Å². The van der Waals surface area contributed by atoms with Crippen molar-refractivity contribution in [1.29, 1.82) is 0 Å². The van der Waals surface area contributed by atoms with Gasteiger partial charge in [0.15, 0.2) is 0 Å². The number of carbonyl (C=O) groups is 1. The highest BCUT2D eigenvalue weighted by Gasteiger charge is 2.01. The average Bonchev–Trinajstić information content (AvgIpc) is 2.27. The summed E-state index contributed by atoms with van der Waals surface area (Å²) in [6, 6.07) is 4.87. The summed E-state index contributed by atoms with van der Waals surface area (Å²) in [6.07, 6.45) is 0.715. The lowest BCUT2D eigenvalue weighted by molar-refractivity contribution is 0.0696. The van der Waals surface area contributed by atoms with Crippen molar-refractivity contribution in [1.82, 2.24) is 0 Å². The minimum atomic E-state index is -3.67. The molecule has 110 valence electrons. The second-order valence-corrected chi connectivity index (χ2v) is 4.46. The van der Waals surface area contributed by atoms with E-state index in [9.17, 15) is 17.6 Å². The van der Waals surface area contributed by atoms with Gasteiger partial charge in [0.25, 0.3) is 10.1 Å². The summed E-state index contributed by atoms with van der Waals surface area (Å²) in [4.78, 5) is 10.2. The Balaban J connectivity index is 0. The van der Waals surface area contributed by atoms with Crippen molar-refractivity contribution in [2.24, 2.45) is 0 Å². The average molecular weight is 298 g/mol. The molecule has 0 saturated heterocycles. The number of aliphatic hydroxyl groups is 2. The quantitative estimate of drug-likeness (QED) is 0.565. The van der Waals surface area contributed by atoms with Gasteiger partial charge in [-0.15, -0.1) is 0 Å². The first kappa shape index (κ1) is 19.8. The fourth-order valence-corrected chi connectivity index (χ4v) is 0.622. The van der Waals surface area contributed by atoms with Crippen LogP contribution in [0.25, 0.3) is 0 Å². The molecule has 0 atom stereocenters. The van der Waals surface area contributed by atoms with Crippen molar-refractivity contribution in [3.63, 3.8) is 0 Å². The molecule has 0 aliphatic heterocycles. The van der Waals surface area contributed by atoms with Crippen molar-refractivity contribution in [3.8, 4) is 0 Å². The Labute approximate surface area is 109 Å². The maximum absolute atomic E-state index is 12.3. The van der Waals surface area contributed by atoms with E-state index in [-0.39, 0.29) is 18.8 Å². The van der Waals surface area contributed by atoms with E-state index in [1.165, 1.54) is 18.2 Å². The molecule has 4 N–H and O–H groups in total. The molecule has 0 aliphatic carbocycles. The Bertz CT molecular complexity index is 463. The van der Waals surface area contributed by atoms with E-state index >= 15 is 0 Å². The van der Waals surface area contributed by atoms with Crippen molar-refractivity contribution in [2.75, 3.05) is 19.5 Å². The van der Waals surface area contributed by atoms with Crippen LogP contribution in [0.5, 0.6) is 0 Å². The molecule has 0 radical (unpaired) electrons. The molecule has 19 heavy (non-hydrogen) atoms. The van der Waals surface area contributed by atoms with Gasteiger partial charge in [-0.25, -0.2) is 9.18 Å². The van der Waals surface area contributed by atoms with Gasteiger partial charge in [0.1, 0.15) is 5.82 Å². The van der Waals surface area contributed by atoms with Crippen LogP contribution in [0.4, 0.5) is 4.39 Å². The van der Waals surface area contributed by atoms with Crippen LogP contribution in [-0.4, -0.2) is 53.7 Å². The minimum Gasteiger partial charge on any atom is -0.478 e. The molecule has 1 rings (SSSR count). The van der Waals surface area contributed by atoms with E-state index < -0.39 is 21.9 Å². The summed E-state index contributed by atoms with van der Waals surface area (Å²) in [5, 5.41) is 23.6. The summed E-state index contributed by atoms with van der Waals surface area (Å²) in [5.74, 6) is -1.64. The third kappa shape index (κ3) is 19.0. The number of benzene rings is 1. The third-order valence-corrected chi connectivity index (χ3v) is 1.17. The van der Waals surface area contributed by atoms with Crippen molar-refractivity contribution in [3.05, 3.63) is 35.6 Å². The first-order chi connectivity index (χ1) is 8.61. The highest BCUT2D eigenvalue weighted by Crippen LogP contribution is 2.02. The number of rotatable bonds is 2. The van der Waals surface area contributed by atoms with Gasteiger partial charge in [0, 0.05) is 0 Å². The molecule has 7 nitrogen and oxygen atoms in total. The Hall–Kier alpha value is -1.55. The highest BCUT2D eigenvalue weighted by molar-refractivity contribution is 7.85. The normalized spacial score (nSPS) is 9.53. The largest absolute Gasteiger partial charge is 0.478 e. The van der Waals surface area contributed by atoms with Crippen LogP contribution in [0, 0.1) is 5.82 Å². The summed E-state index contributed by atoms with van der Waals surface area (Å²) < 4.78 is 38.1. The highest BCUT2D eigenvalue weighted by atomic mass is 32.2. The molecule has 1 aromatic rings. The van der Waals surface area contributed by atoms with Crippen molar-refractivity contribution < 1.29 is 37.5 Å². The van der Waals surface area contributed by atoms with Gasteiger partial charge < -0.3 is 15.3 Å². The number of carboxylic acid groups (broad SMARTS) is 1. The lowest BCUT2D eigenvalue weighted by atomic mass is 10.2. The first-order valence-corrected chi connectivity index (χ1v) is 6.59. The molecule has 0 amide bonds. The van der Waals surface area contributed by atoms with Crippen LogP contribution in [0.2, 0.25) is 0 Å². The van der Waals surface area contributed by atoms with Crippen LogP contribution in [0.1, 0.15) is 10.4 Å². The van der Waals surface area contributed by atoms with Gasteiger partial charge in [-0.3, -0.25) is 4.55 Å². The predicted octanol–water partition coefficient (Wildman–Crippen LogP) is -0.00110. The van der Waals surface area contributed by atoms with Gasteiger partial charge >= 0.3 is 5.97 Å². The zero-order valence-corrected chi connectivity index (χ0v) is 10.8. The van der Waals surface area contributed by atoms with E-state index in [0.29, 0.717) is 6.26 Å². The van der Waals surface area contributed by atoms with E-state index in [2.05, 4.69) is 0 Å². The second kappa shape index (κ2) is 10.4. The molecular weight excluding hydrogens is 283 g/mol. The number of halogens is 1. The molecule has 0 unspecified atom stereocenters. The smallest absolute Gasteiger partial charge is 0.335 e. The molecular formula is C10H15FO7S. The fraction of sp³-hybridized carbons (Fsp3) is 0.300. The summed E-state index contributed by atoms with van der Waals surface area (Å²) >= 11 is 0. The van der Waals surface area contributed by atoms with Crippen LogP contribution in [0.15, 0.2) is 24.3 Å². The fourth-order valence-electron chi connectivity index (χ4n) is 0.622. The number of aromatic carboxylic acids is 1. The molecule has 0 bridgehead atoms. The number of aliphatic hydroxyl groups excluding tert-OH is 2. The Morgan fingerprint density at radius 3 is 1.89 bits per heavy atom. The zero-order valence-electron chi connectivity index (χ0n) is 10.0. The molecule has 0 spiro atoms. The Morgan fingerprint density at radius 1 is 1.26 bits per heavy atom. The van der Waals surface area contributed by atoms with E-state index in [1.54, 1.807) is 0 Å². The van der Waals surface area contributed by atoms with Crippen LogP contribution in [0.3, 0.4) is 0 Å². The van der Waals surface area contributed by atoms with Crippen molar-refractivity contribution in [2.45, 2.75) is 0 Å². The minimum absolute atomic E-state index is 0.0278. The topological polar surface area (TPSA) is 132 Å². The van der Waals surface area contributed by atoms with Crippen LogP contribution >= 0.6 is 0 Å². The maximum atomic E-state index is 12.3. The molecule has 0 aromatic heterocycles. The third-order valence-electron chi connectivity index (χ3n) is 1.17.